The van der Waals surface area contributed by atoms with E-state index >= 15 is 0 Å². The summed E-state index contributed by atoms with van der Waals surface area (Å²) >= 11 is 0. The topological polar surface area (TPSA) is 38.3 Å². The van der Waals surface area contributed by atoms with Gasteiger partial charge in [-0.15, -0.1) is 0 Å². The van der Waals surface area contributed by atoms with Crippen molar-refractivity contribution in [1.82, 2.24) is 5.32 Å². The van der Waals surface area contributed by atoms with Crippen LogP contribution in [-0.4, -0.2) is 25.2 Å². The molecule has 2 heterocycles. The normalized spacial score (nSPS) is 39.6. The van der Waals surface area contributed by atoms with E-state index in [1.807, 2.05) is 0 Å². The van der Waals surface area contributed by atoms with Crippen molar-refractivity contribution in [3.8, 4) is 0 Å². The van der Waals surface area contributed by atoms with Crippen LogP contribution in [-0.2, 0) is 9.53 Å². The predicted octanol–water partition coefficient (Wildman–Crippen LogP) is 0.690. The quantitative estimate of drug-likeness (QED) is 0.587. The number of ether oxygens (including phenoxy) is 1. The maximum absolute atomic E-state index is 11.3. The molecular weight excluding hydrogens is 154 g/mol. The Labute approximate surface area is 72.5 Å². The lowest BCUT2D eigenvalue weighted by molar-refractivity contribution is -0.145. The molecule has 2 aliphatic rings. The minimum absolute atomic E-state index is 0.0306. The first-order valence-corrected chi connectivity index (χ1v) is 4.65. The number of nitrogens with one attached hydrogen (secondary N) is 1. The van der Waals surface area contributed by atoms with Crippen molar-refractivity contribution in [3.63, 3.8) is 0 Å². The Morgan fingerprint density at radius 2 is 2.33 bits per heavy atom. The van der Waals surface area contributed by atoms with Crippen LogP contribution < -0.4 is 5.32 Å². The summed E-state index contributed by atoms with van der Waals surface area (Å²) in [4.78, 5) is 11.3. The second-order valence-corrected chi connectivity index (χ2v) is 3.77. The molecule has 0 unspecified atom stereocenters. The number of hydrogen-bond acceptors (Lipinski definition) is 3. The van der Waals surface area contributed by atoms with Gasteiger partial charge in [0.1, 0.15) is 0 Å². The van der Waals surface area contributed by atoms with Crippen LogP contribution in [0.2, 0.25) is 0 Å². The molecule has 0 aliphatic carbocycles. The largest absolute Gasteiger partial charge is 0.469 e. The van der Waals surface area contributed by atoms with Crippen molar-refractivity contribution in [2.75, 3.05) is 7.11 Å². The molecule has 0 saturated carbocycles. The highest BCUT2D eigenvalue weighted by Gasteiger charge is 2.40. The third kappa shape index (κ3) is 1.22. The lowest BCUT2D eigenvalue weighted by Gasteiger charge is -2.21. The van der Waals surface area contributed by atoms with Crippen molar-refractivity contribution in [1.29, 1.82) is 0 Å². The number of hydrogen-bond donors (Lipinski definition) is 1. The maximum Gasteiger partial charge on any atom is 0.310 e. The zero-order valence-corrected chi connectivity index (χ0v) is 7.38. The highest BCUT2D eigenvalue weighted by Crippen LogP contribution is 2.32. The van der Waals surface area contributed by atoms with Gasteiger partial charge in [-0.2, -0.15) is 0 Å². The predicted molar refractivity (Wildman–Crippen MR) is 44.7 cm³/mol. The van der Waals surface area contributed by atoms with E-state index < -0.39 is 0 Å². The Balaban J connectivity index is 2.04. The van der Waals surface area contributed by atoms with Crippen LogP contribution in [0.25, 0.3) is 0 Å². The number of carbonyl (C=O) groups is 1. The van der Waals surface area contributed by atoms with E-state index in [4.69, 9.17) is 4.74 Å². The fourth-order valence-corrected chi connectivity index (χ4v) is 2.44. The number of piperidine rings is 1. The minimum atomic E-state index is -0.0306. The Morgan fingerprint density at radius 1 is 1.50 bits per heavy atom. The van der Waals surface area contributed by atoms with Gasteiger partial charge in [0.05, 0.1) is 13.0 Å². The third-order valence-corrected chi connectivity index (χ3v) is 3.05. The number of rotatable bonds is 1. The van der Waals surface area contributed by atoms with Crippen molar-refractivity contribution in [3.05, 3.63) is 0 Å². The van der Waals surface area contributed by atoms with E-state index in [1.54, 1.807) is 0 Å². The van der Waals surface area contributed by atoms with Crippen LogP contribution in [0.4, 0.5) is 0 Å². The summed E-state index contributed by atoms with van der Waals surface area (Å²) < 4.78 is 4.76. The van der Waals surface area contributed by atoms with Gasteiger partial charge in [-0.3, -0.25) is 4.79 Å². The number of methoxy groups -OCH3 is 1. The van der Waals surface area contributed by atoms with E-state index in [0.29, 0.717) is 12.1 Å². The summed E-state index contributed by atoms with van der Waals surface area (Å²) in [5, 5.41) is 3.45. The molecule has 0 spiro atoms. The SMILES string of the molecule is COC(=O)[C@H]1C[C@@H]2CCC[C@H]1N2. The zero-order valence-electron chi connectivity index (χ0n) is 7.38. The van der Waals surface area contributed by atoms with Crippen LogP contribution in [0.15, 0.2) is 0 Å². The molecule has 0 aromatic rings. The molecule has 2 bridgehead atoms. The molecule has 3 heteroatoms. The molecule has 0 radical (unpaired) electrons. The molecule has 12 heavy (non-hydrogen) atoms. The molecule has 0 amide bonds. The van der Waals surface area contributed by atoms with E-state index in [2.05, 4.69) is 5.32 Å². The van der Waals surface area contributed by atoms with Gasteiger partial charge >= 0.3 is 5.97 Å². The van der Waals surface area contributed by atoms with Gasteiger partial charge in [0.15, 0.2) is 0 Å². The van der Waals surface area contributed by atoms with Gasteiger partial charge in [-0.25, -0.2) is 0 Å². The molecule has 2 saturated heterocycles. The monoisotopic (exact) mass is 169 g/mol. The molecule has 2 fully saturated rings. The first-order valence-electron chi connectivity index (χ1n) is 4.65. The smallest absolute Gasteiger partial charge is 0.310 e. The van der Waals surface area contributed by atoms with E-state index in [1.165, 1.54) is 20.0 Å². The lowest BCUT2D eigenvalue weighted by atomic mass is 9.99. The Morgan fingerprint density at radius 3 is 3.00 bits per heavy atom. The molecular formula is C9H15NO2. The first-order chi connectivity index (χ1) is 5.81. The van der Waals surface area contributed by atoms with Crippen LogP contribution in [0, 0.1) is 5.92 Å². The fraction of sp³-hybridized carbons (Fsp3) is 0.889. The molecule has 0 aromatic carbocycles. The Hall–Kier alpha value is -0.570. The molecule has 3 atom stereocenters. The van der Waals surface area contributed by atoms with Crippen molar-refractivity contribution in [2.24, 2.45) is 5.92 Å². The standard InChI is InChI=1S/C9H15NO2/c1-12-9(11)7-5-6-3-2-4-8(7)10-6/h6-8,10H,2-5H2,1H3/t6-,7-,8+/m0/s1. The summed E-state index contributed by atoms with van der Waals surface area (Å²) in [5.41, 5.74) is 0. The van der Waals surface area contributed by atoms with Gasteiger partial charge in [-0.05, 0) is 19.3 Å². The number of carbonyl (C=O) groups excluding carboxylic acids is 1. The Kier molecular flexibility index (Phi) is 2.05. The van der Waals surface area contributed by atoms with Crippen molar-refractivity contribution < 1.29 is 9.53 Å². The van der Waals surface area contributed by atoms with Gasteiger partial charge in [0, 0.05) is 12.1 Å². The van der Waals surface area contributed by atoms with Gasteiger partial charge < -0.3 is 10.1 Å². The summed E-state index contributed by atoms with van der Waals surface area (Å²) in [7, 11) is 1.48. The molecule has 2 rings (SSSR count). The minimum Gasteiger partial charge on any atom is -0.469 e. The molecule has 0 aromatic heterocycles. The highest BCUT2D eigenvalue weighted by molar-refractivity contribution is 5.73. The fourth-order valence-electron chi connectivity index (χ4n) is 2.44. The van der Waals surface area contributed by atoms with E-state index in [-0.39, 0.29) is 11.9 Å². The average Bonchev–Trinajstić information content (AvgIpc) is 2.40. The summed E-state index contributed by atoms with van der Waals surface area (Å²) in [6, 6.07) is 0.976. The van der Waals surface area contributed by atoms with Crippen LogP contribution in [0.3, 0.4) is 0 Å². The average molecular weight is 169 g/mol. The van der Waals surface area contributed by atoms with Crippen molar-refractivity contribution in [2.45, 2.75) is 37.8 Å². The molecule has 3 nitrogen and oxygen atoms in total. The summed E-state index contributed by atoms with van der Waals surface area (Å²) in [6.45, 7) is 0. The van der Waals surface area contributed by atoms with Gasteiger partial charge in [0.2, 0.25) is 0 Å². The van der Waals surface area contributed by atoms with E-state index in [9.17, 15) is 4.79 Å². The van der Waals surface area contributed by atoms with Crippen LogP contribution in [0.1, 0.15) is 25.7 Å². The Bertz CT molecular complexity index is 193. The second kappa shape index (κ2) is 3.05. The van der Waals surface area contributed by atoms with Crippen molar-refractivity contribution >= 4 is 5.97 Å². The summed E-state index contributed by atoms with van der Waals surface area (Å²) in [5.74, 6) is 0.0967. The maximum atomic E-state index is 11.3. The van der Waals surface area contributed by atoms with Crippen LogP contribution >= 0.6 is 0 Å². The number of fused-ring (bicyclic) bond motifs is 2. The second-order valence-electron chi connectivity index (χ2n) is 3.77. The van der Waals surface area contributed by atoms with Crippen LogP contribution in [0.5, 0.6) is 0 Å². The molecule has 1 N–H and O–H groups in total. The summed E-state index contributed by atoms with van der Waals surface area (Å²) in [6.07, 6.45) is 4.60. The lowest BCUT2D eigenvalue weighted by Crippen LogP contribution is -2.37. The zero-order chi connectivity index (χ0) is 8.55. The van der Waals surface area contributed by atoms with E-state index in [0.717, 1.165) is 12.8 Å². The third-order valence-electron chi connectivity index (χ3n) is 3.05. The van der Waals surface area contributed by atoms with Gasteiger partial charge in [-0.1, -0.05) is 6.42 Å². The first kappa shape index (κ1) is 8.05. The number of esters is 1. The van der Waals surface area contributed by atoms with Gasteiger partial charge in [0.25, 0.3) is 0 Å². The highest BCUT2D eigenvalue weighted by atomic mass is 16.5. The molecule has 2 aliphatic heterocycles. The molecule has 68 valence electrons.